The second kappa shape index (κ2) is 9.26. The number of carbonyl (C=O) groups is 3. The summed E-state index contributed by atoms with van der Waals surface area (Å²) in [4.78, 5) is 39.6. The van der Waals surface area contributed by atoms with Crippen molar-refractivity contribution in [3.05, 3.63) is 24.3 Å². The molecule has 6 nitrogen and oxygen atoms in total. The lowest BCUT2D eigenvalue weighted by atomic mass is 9.94. The molecule has 2 aliphatic rings. The third kappa shape index (κ3) is 5.03. The molecule has 1 heterocycles. The molecule has 1 saturated carbocycles. The summed E-state index contributed by atoms with van der Waals surface area (Å²) in [5.74, 6) is -0.877. The number of anilines is 1. The van der Waals surface area contributed by atoms with Crippen LogP contribution in [0.25, 0.3) is 0 Å². The van der Waals surface area contributed by atoms with E-state index in [1.807, 2.05) is 36.1 Å². The molecular weight excluding hydrogens is 364 g/mol. The minimum Gasteiger partial charge on any atom is -0.456 e. The minimum atomic E-state index is -0.539. The molecule has 1 N–H and O–H groups in total. The van der Waals surface area contributed by atoms with E-state index in [2.05, 4.69) is 5.32 Å². The van der Waals surface area contributed by atoms with E-state index in [4.69, 9.17) is 4.74 Å². The number of ether oxygens (including phenoxy) is 1. The van der Waals surface area contributed by atoms with Gasteiger partial charge in [0, 0.05) is 17.5 Å². The first kappa shape index (κ1) is 19.7. The summed E-state index contributed by atoms with van der Waals surface area (Å²) in [5, 5.41) is 2.27. The first-order valence-corrected chi connectivity index (χ1v) is 10.5. The van der Waals surface area contributed by atoms with E-state index in [-0.39, 0.29) is 30.9 Å². The Morgan fingerprint density at radius 2 is 1.96 bits per heavy atom. The van der Waals surface area contributed by atoms with Crippen molar-refractivity contribution in [2.45, 2.75) is 61.6 Å². The maximum absolute atomic E-state index is 12.5. The molecule has 0 aromatic heterocycles. The van der Waals surface area contributed by atoms with E-state index in [1.165, 1.54) is 18.2 Å². The Bertz CT molecular complexity index is 703. The summed E-state index contributed by atoms with van der Waals surface area (Å²) >= 11 is 1.35. The molecule has 1 aliphatic heterocycles. The van der Waals surface area contributed by atoms with Gasteiger partial charge >= 0.3 is 5.97 Å². The number of nitrogens with one attached hydrogen (secondary N) is 1. The van der Waals surface area contributed by atoms with Gasteiger partial charge in [-0.3, -0.25) is 14.4 Å². The average molecular weight is 391 g/mol. The molecule has 0 unspecified atom stereocenters. The van der Waals surface area contributed by atoms with Crippen molar-refractivity contribution in [3.63, 3.8) is 0 Å². The molecule has 146 valence electrons. The number of fused-ring (bicyclic) bond motifs is 1. The van der Waals surface area contributed by atoms with Gasteiger partial charge in [-0.15, -0.1) is 11.8 Å². The normalized spacial score (nSPS) is 19.7. The molecule has 1 fully saturated rings. The maximum Gasteiger partial charge on any atom is 0.307 e. The molecule has 3 rings (SSSR count). The number of para-hydroxylation sites is 1. The number of carbonyl (C=O) groups excluding carboxylic acids is 3. The fourth-order valence-corrected chi connectivity index (χ4v) is 4.79. The molecule has 1 aliphatic carbocycles. The number of benzene rings is 1. The highest BCUT2D eigenvalue weighted by molar-refractivity contribution is 8.01. The van der Waals surface area contributed by atoms with Gasteiger partial charge in [-0.1, -0.05) is 31.4 Å². The first-order chi connectivity index (χ1) is 13.1. The number of hydrogen-bond acceptors (Lipinski definition) is 5. The zero-order chi connectivity index (χ0) is 19.2. The standard InChI is InChI=1S/C20H26N2O4S/c1-2-22(14-8-4-3-5-9-14)18(23)13-26-19(24)12-17-20(25)21-15-10-6-7-11-16(15)27-17/h6-7,10-11,14,17H,2-5,8-9,12-13H2,1H3,(H,21,25)/t17-/m0/s1. The van der Waals surface area contributed by atoms with E-state index in [0.717, 1.165) is 36.3 Å². The first-order valence-electron chi connectivity index (χ1n) is 9.60. The summed E-state index contributed by atoms with van der Waals surface area (Å²) in [6, 6.07) is 7.74. The van der Waals surface area contributed by atoms with E-state index < -0.39 is 11.2 Å². The van der Waals surface area contributed by atoms with Gasteiger partial charge in [0.2, 0.25) is 5.91 Å². The predicted molar refractivity (Wildman–Crippen MR) is 105 cm³/mol. The fraction of sp³-hybridized carbons (Fsp3) is 0.550. The van der Waals surface area contributed by atoms with Crippen LogP contribution in [0.5, 0.6) is 0 Å². The van der Waals surface area contributed by atoms with Gasteiger partial charge in [0.15, 0.2) is 6.61 Å². The van der Waals surface area contributed by atoms with Gasteiger partial charge in [-0.05, 0) is 31.9 Å². The Morgan fingerprint density at radius 3 is 2.70 bits per heavy atom. The fourth-order valence-electron chi connectivity index (χ4n) is 3.69. The molecular formula is C20H26N2O4S. The number of esters is 1. The van der Waals surface area contributed by atoms with Crippen LogP contribution >= 0.6 is 11.8 Å². The summed E-state index contributed by atoms with van der Waals surface area (Å²) in [5.41, 5.74) is 0.762. The second-order valence-electron chi connectivity index (χ2n) is 6.93. The molecule has 1 aromatic carbocycles. The molecule has 2 amide bonds. The van der Waals surface area contributed by atoms with Crippen molar-refractivity contribution in [2.24, 2.45) is 0 Å². The second-order valence-corrected chi connectivity index (χ2v) is 8.17. The number of nitrogens with zero attached hydrogens (tertiary/aromatic N) is 1. The van der Waals surface area contributed by atoms with Crippen LogP contribution in [0, 0.1) is 0 Å². The van der Waals surface area contributed by atoms with Crippen molar-refractivity contribution in [1.29, 1.82) is 0 Å². The number of hydrogen-bond donors (Lipinski definition) is 1. The van der Waals surface area contributed by atoms with Crippen molar-refractivity contribution < 1.29 is 19.1 Å². The predicted octanol–water partition coefficient (Wildman–Crippen LogP) is 3.21. The zero-order valence-corrected chi connectivity index (χ0v) is 16.4. The Balaban J connectivity index is 1.49. The summed E-state index contributed by atoms with van der Waals surface area (Å²) in [6.07, 6.45) is 5.50. The van der Waals surface area contributed by atoms with Gasteiger partial charge in [0.25, 0.3) is 5.91 Å². The monoisotopic (exact) mass is 390 g/mol. The number of amides is 2. The van der Waals surface area contributed by atoms with Crippen molar-refractivity contribution in [1.82, 2.24) is 4.90 Å². The molecule has 0 bridgehead atoms. The van der Waals surface area contributed by atoms with Crippen molar-refractivity contribution in [3.8, 4) is 0 Å². The van der Waals surface area contributed by atoms with Crippen LogP contribution < -0.4 is 5.32 Å². The van der Waals surface area contributed by atoms with Crippen molar-refractivity contribution >= 4 is 35.2 Å². The largest absolute Gasteiger partial charge is 0.456 e. The van der Waals surface area contributed by atoms with Crippen LogP contribution in [0.4, 0.5) is 5.69 Å². The van der Waals surface area contributed by atoms with Crippen LogP contribution in [0.1, 0.15) is 45.4 Å². The highest BCUT2D eigenvalue weighted by Gasteiger charge is 2.30. The Kier molecular flexibility index (Phi) is 6.77. The number of likely N-dealkylation sites (N-methyl/N-ethyl adjacent to an activating group) is 1. The summed E-state index contributed by atoms with van der Waals surface area (Å²) < 4.78 is 5.19. The van der Waals surface area contributed by atoms with E-state index in [1.54, 1.807) is 0 Å². The smallest absolute Gasteiger partial charge is 0.307 e. The molecule has 1 atom stereocenters. The SMILES string of the molecule is CCN(C(=O)COC(=O)C[C@@H]1Sc2ccccc2NC1=O)C1CCCCC1. The number of thioether (sulfide) groups is 1. The van der Waals surface area contributed by atoms with Gasteiger partial charge in [0.05, 0.1) is 17.4 Å². The number of rotatable bonds is 6. The van der Waals surface area contributed by atoms with Gasteiger partial charge in [-0.25, -0.2) is 0 Å². The van der Waals surface area contributed by atoms with Crippen LogP contribution in [0.3, 0.4) is 0 Å². The van der Waals surface area contributed by atoms with Crippen LogP contribution in [-0.4, -0.2) is 47.1 Å². The van der Waals surface area contributed by atoms with E-state index >= 15 is 0 Å². The van der Waals surface area contributed by atoms with Gasteiger partial charge < -0.3 is 15.0 Å². The molecule has 27 heavy (non-hydrogen) atoms. The van der Waals surface area contributed by atoms with Gasteiger partial charge in [0.1, 0.15) is 0 Å². The lowest BCUT2D eigenvalue weighted by molar-refractivity contribution is -0.153. The average Bonchev–Trinajstić information content (AvgIpc) is 2.68. The van der Waals surface area contributed by atoms with Gasteiger partial charge in [-0.2, -0.15) is 0 Å². The van der Waals surface area contributed by atoms with E-state index in [0.29, 0.717) is 6.54 Å². The van der Waals surface area contributed by atoms with E-state index in [9.17, 15) is 14.4 Å². The Hall–Kier alpha value is -2.02. The summed E-state index contributed by atoms with van der Waals surface area (Å²) in [7, 11) is 0. The van der Waals surface area contributed by atoms with Crippen LogP contribution in [-0.2, 0) is 19.1 Å². The summed E-state index contributed by atoms with van der Waals surface area (Å²) in [6.45, 7) is 2.33. The highest BCUT2D eigenvalue weighted by atomic mass is 32.2. The Morgan fingerprint density at radius 1 is 1.22 bits per heavy atom. The molecule has 7 heteroatoms. The highest BCUT2D eigenvalue weighted by Crippen LogP contribution is 2.36. The zero-order valence-electron chi connectivity index (χ0n) is 15.6. The Labute approximate surface area is 164 Å². The lowest BCUT2D eigenvalue weighted by Gasteiger charge is -2.33. The van der Waals surface area contributed by atoms with Crippen LogP contribution in [0.2, 0.25) is 0 Å². The maximum atomic E-state index is 12.5. The molecule has 0 saturated heterocycles. The molecule has 0 spiro atoms. The third-order valence-corrected chi connectivity index (χ3v) is 6.37. The molecule has 1 aromatic rings. The topological polar surface area (TPSA) is 75.7 Å². The quantitative estimate of drug-likeness (QED) is 0.755. The van der Waals surface area contributed by atoms with Crippen molar-refractivity contribution in [2.75, 3.05) is 18.5 Å². The molecule has 0 radical (unpaired) electrons. The minimum absolute atomic E-state index is 0.0479. The lowest BCUT2D eigenvalue weighted by Crippen LogP contribution is -2.43. The van der Waals surface area contributed by atoms with Crippen LogP contribution in [0.15, 0.2) is 29.2 Å². The third-order valence-electron chi connectivity index (χ3n) is 5.09.